The second kappa shape index (κ2) is 6.16. The van der Waals surface area contributed by atoms with Crippen LogP contribution in [0.2, 0.25) is 5.02 Å². The van der Waals surface area contributed by atoms with Gasteiger partial charge in [0.05, 0.1) is 11.6 Å². The lowest BCUT2D eigenvalue weighted by molar-refractivity contribution is -0.577. The molecule has 0 aliphatic carbocycles. The molecule has 0 atom stereocenters. The van der Waals surface area contributed by atoms with Crippen LogP contribution in [-0.2, 0) is 13.0 Å². The van der Waals surface area contributed by atoms with Crippen LogP contribution in [-0.4, -0.2) is 9.78 Å². The molecule has 0 N–H and O–H groups in total. The molecule has 0 unspecified atom stereocenters. The van der Waals surface area contributed by atoms with Gasteiger partial charge in [-0.05, 0) is 29.7 Å². The van der Waals surface area contributed by atoms with Crippen LogP contribution in [0.4, 0.5) is 4.39 Å². The Bertz CT molecular complexity index is 860. The molecule has 6 heteroatoms. The highest BCUT2D eigenvalue weighted by Crippen LogP contribution is 2.21. The summed E-state index contributed by atoms with van der Waals surface area (Å²) in [7, 11) is 0. The molecule has 0 saturated carbocycles. The number of nitrogens with zero attached hydrogens (tertiary/aromatic N) is 3. The molecule has 0 aliphatic heterocycles. The summed E-state index contributed by atoms with van der Waals surface area (Å²) < 4.78 is 16.2. The Balaban J connectivity index is 2.06. The number of halogens is 2. The Kier molecular flexibility index (Phi) is 4.22. The van der Waals surface area contributed by atoms with Crippen LogP contribution in [0, 0.1) is 16.9 Å². The van der Waals surface area contributed by atoms with Gasteiger partial charge in [0.25, 0.3) is 5.52 Å². The third-order valence-corrected chi connectivity index (χ3v) is 3.96. The fourth-order valence-corrected chi connectivity index (χ4v) is 2.78. The van der Waals surface area contributed by atoms with Gasteiger partial charge in [-0.3, -0.25) is 4.68 Å². The molecular formula is C17H17ClFN3O. The van der Waals surface area contributed by atoms with Crippen LogP contribution in [0.25, 0.3) is 11.0 Å². The summed E-state index contributed by atoms with van der Waals surface area (Å²) in [6.45, 7) is 4.54. The van der Waals surface area contributed by atoms with Gasteiger partial charge in [-0.1, -0.05) is 31.5 Å². The Morgan fingerprint density at radius 1 is 1.35 bits per heavy atom. The zero-order valence-electron chi connectivity index (χ0n) is 13.0. The molecule has 2 aromatic heterocycles. The summed E-state index contributed by atoms with van der Waals surface area (Å²) in [5, 5.41) is 16.8. The van der Waals surface area contributed by atoms with Crippen molar-refractivity contribution in [1.82, 2.24) is 9.78 Å². The second-order valence-electron chi connectivity index (χ2n) is 6.02. The molecule has 0 fully saturated rings. The monoisotopic (exact) mass is 333 g/mol. The van der Waals surface area contributed by atoms with Crippen molar-refractivity contribution in [2.75, 3.05) is 0 Å². The van der Waals surface area contributed by atoms with Crippen LogP contribution in [0.15, 0.2) is 36.5 Å². The third kappa shape index (κ3) is 3.15. The number of pyridine rings is 1. The number of hydrogen-bond donors (Lipinski definition) is 0. The quantitative estimate of drug-likeness (QED) is 0.539. The summed E-state index contributed by atoms with van der Waals surface area (Å²) >= 11 is 5.72. The van der Waals surface area contributed by atoms with Gasteiger partial charge in [0.1, 0.15) is 17.0 Å². The Morgan fingerprint density at radius 2 is 2.13 bits per heavy atom. The first-order chi connectivity index (χ1) is 11.0. The zero-order chi connectivity index (χ0) is 16.6. The van der Waals surface area contributed by atoms with Crippen LogP contribution < -0.4 is 4.73 Å². The van der Waals surface area contributed by atoms with Gasteiger partial charge in [-0.25, -0.2) is 4.39 Å². The van der Waals surface area contributed by atoms with E-state index in [1.54, 1.807) is 16.8 Å². The first-order valence-electron chi connectivity index (χ1n) is 7.47. The maximum absolute atomic E-state index is 13.6. The lowest BCUT2D eigenvalue weighted by Gasteiger charge is -2.04. The van der Waals surface area contributed by atoms with Gasteiger partial charge in [-0.15, -0.1) is 0 Å². The van der Waals surface area contributed by atoms with E-state index in [4.69, 9.17) is 11.6 Å². The molecule has 0 amide bonds. The summed E-state index contributed by atoms with van der Waals surface area (Å²) in [5.74, 6) is -0.0725. The van der Waals surface area contributed by atoms with Crippen molar-refractivity contribution in [3.63, 3.8) is 0 Å². The molecule has 120 valence electrons. The fourth-order valence-electron chi connectivity index (χ4n) is 2.66. The number of hydrogen-bond acceptors (Lipinski definition) is 2. The highest BCUT2D eigenvalue weighted by atomic mass is 35.5. The van der Waals surface area contributed by atoms with Gasteiger partial charge >= 0.3 is 0 Å². The minimum Gasteiger partial charge on any atom is -0.618 e. The minimum atomic E-state index is -0.457. The van der Waals surface area contributed by atoms with E-state index < -0.39 is 5.82 Å². The lowest BCUT2D eigenvalue weighted by atomic mass is 10.1. The van der Waals surface area contributed by atoms with Crippen LogP contribution >= 0.6 is 11.6 Å². The van der Waals surface area contributed by atoms with Crippen molar-refractivity contribution in [3.8, 4) is 0 Å². The highest BCUT2D eigenvalue weighted by Gasteiger charge is 2.19. The molecule has 0 radical (unpaired) electrons. The van der Waals surface area contributed by atoms with Crippen molar-refractivity contribution in [2.24, 2.45) is 5.92 Å². The molecule has 23 heavy (non-hydrogen) atoms. The van der Waals surface area contributed by atoms with E-state index in [-0.39, 0.29) is 5.02 Å². The van der Waals surface area contributed by atoms with E-state index >= 15 is 0 Å². The minimum absolute atomic E-state index is 0.0944. The number of benzene rings is 1. The summed E-state index contributed by atoms with van der Waals surface area (Å²) in [4.78, 5) is 0. The topological polar surface area (TPSA) is 44.8 Å². The van der Waals surface area contributed by atoms with E-state index in [1.165, 1.54) is 18.3 Å². The fraction of sp³-hybridized carbons (Fsp3) is 0.294. The van der Waals surface area contributed by atoms with Crippen molar-refractivity contribution in [2.45, 2.75) is 26.8 Å². The SMILES string of the molecule is CC(C)Cc1nn(Cc2ccc(Cl)c(F)c2)c2ccc[n+]([O-])c12. The van der Waals surface area contributed by atoms with E-state index in [0.717, 1.165) is 21.5 Å². The van der Waals surface area contributed by atoms with Crippen LogP contribution in [0.5, 0.6) is 0 Å². The summed E-state index contributed by atoms with van der Waals surface area (Å²) in [5.41, 5.74) is 2.83. The van der Waals surface area contributed by atoms with E-state index in [9.17, 15) is 9.60 Å². The molecule has 0 spiro atoms. The van der Waals surface area contributed by atoms with Crippen molar-refractivity contribution >= 4 is 22.6 Å². The molecule has 3 rings (SSSR count). The maximum atomic E-state index is 13.6. The number of fused-ring (bicyclic) bond motifs is 1. The van der Waals surface area contributed by atoms with Crippen molar-refractivity contribution < 1.29 is 9.12 Å². The van der Waals surface area contributed by atoms with Gasteiger partial charge in [0.2, 0.25) is 0 Å². The first kappa shape index (κ1) is 15.7. The van der Waals surface area contributed by atoms with E-state index in [1.807, 2.05) is 6.07 Å². The van der Waals surface area contributed by atoms with Gasteiger partial charge in [0.15, 0.2) is 6.20 Å². The molecule has 3 aromatic rings. The second-order valence-corrected chi connectivity index (χ2v) is 6.43. The predicted octanol–water partition coefficient (Wildman–Crippen LogP) is 3.71. The maximum Gasteiger partial charge on any atom is 0.265 e. The molecule has 2 heterocycles. The standard InChI is InChI=1S/C17H17ClFN3O/c1-11(2)8-15-17-16(4-3-7-22(17)23)21(20-15)10-12-5-6-13(18)14(19)9-12/h3-7,9,11H,8,10H2,1-2H3. The first-order valence-corrected chi connectivity index (χ1v) is 7.85. The zero-order valence-corrected chi connectivity index (χ0v) is 13.7. The van der Waals surface area contributed by atoms with Gasteiger partial charge < -0.3 is 5.21 Å². The van der Waals surface area contributed by atoms with Crippen molar-refractivity contribution in [1.29, 1.82) is 0 Å². The average molecular weight is 334 g/mol. The Morgan fingerprint density at radius 3 is 2.83 bits per heavy atom. The Hall–Kier alpha value is -2.14. The largest absolute Gasteiger partial charge is 0.618 e. The summed E-state index contributed by atoms with van der Waals surface area (Å²) in [6, 6.07) is 8.23. The third-order valence-electron chi connectivity index (χ3n) is 3.65. The van der Waals surface area contributed by atoms with Gasteiger partial charge in [0, 0.05) is 12.5 Å². The Labute approximate surface area is 138 Å². The summed E-state index contributed by atoms with van der Waals surface area (Å²) in [6.07, 6.45) is 2.19. The lowest BCUT2D eigenvalue weighted by Crippen LogP contribution is -2.26. The number of aromatic nitrogens is 3. The van der Waals surface area contributed by atoms with Crippen LogP contribution in [0.3, 0.4) is 0 Å². The average Bonchev–Trinajstić information content (AvgIpc) is 2.81. The molecule has 0 aliphatic rings. The van der Waals surface area contributed by atoms with Crippen molar-refractivity contribution in [3.05, 3.63) is 63.8 Å². The number of rotatable bonds is 4. The molecule has 1 aromatic carbocycles. The van der Waals surface area contributed by atoms with Crippen LogP contribution in [0.1, 0.15) is 25.1 Å². The molecule has 0 saturated heterocycles. The van der Waals surface area contributed by atoms with E-state index in [0.29, 0.717) is 24.4 Å². The highest BCUT2D eigenvalue weighted by molar-refractivity contribution is 6.30. The molecule has 4 nitrogen and oxygen atoms in total. The molecule has 0 bridgehead atoms. The predicted molar refractivity (Wildman–Crippen MR) is 87.7 cm³/mol. The molecular weight excluding hydrogens is 317 g/mol. The normalized spacial score (nSPS) is 11.5. The van der Waals surface area contributed by atoms with E-state index in [2.05, 4.69) is 18.9 Å². The van der Waals surface area contributed by atoms with Gasteiger partial charge in [-0.2, -0.15) is 9.83 Å². The smallest absolute Gasteiger partial charge is 0.265 e.